The van der Waals surface area contributed by atoms with Crippen molar-refractivity contribution in [3.63, 3.8) is 0 Å². The molecule has 16 heavy (non-hydrogen) atoms. The molecule has 0 aliphatic heterocycles. The number of pyridine rings is 1. The average molecular weight is 216 g/mol. The molecule has 0 aliphatic carbocycles. The number of nitrogens with two attached hydrogens (primary N) is 1. The molecule has 0 amide bonds. The highest BCUT2D eigenvalue weighted by Gasteiger charge is 2.12. The van der Waals surface area contributed by atoms with Gasteiger partial charge in [-0.3, -0.25) is 4.79 Å². The summed E-state index contributed by atoms with van der Waals surface area (Å²) in [6.07, 6.45) is 1.80. The Morgan fingerprint density at radius 2 is 1.94 bits per heavy atom. The van der Waals surface area contributed by atoms with Crippen molar-refractivity contribution < 1.29 is 0 Å². The molecule has 0 bridgehead atoms. The van der Waals surface area contributed by atoms with Gasteiger partial charge in [-0.2, -0.15) is 0 Å². The lowest BCUT2D eigenvalue weighted by atomic mass is 10.1. The van der Waals surface area contributed by atoms with Crippen LogP contribution < -0.4 is 11.3 Å². The molecule has 2 rings (SSSR count). The van der Waals surface area contributed by atoms with Crippen molar-refractivity contribution >= 4 is 10.8 Å². The zero-order chi connectivity index (χ0) is 11.8. The highest BCUT2D eigenvalue weighted by molar-refractivity contribution is 5.81. The molecule has 0 saturated carbocycles. The van der Waals surface area contributed by atoms with Crippen molar-refractivity contribution in [2.24, 2.45) is 5.73 Å². The molecule has 3 nitrogen and oxygen atoms in total. The third-order valence-corrected chi connectivity index (χ3v) is 2.46. The summed E-state index contributed by atoms with van der Waals surface area (Å²) in [5, 5.41) is 1.72. The minimum absolute atomic E-state index is 0.0247. The number of benzene rings is 1. The lowest BCUT2D eigenvalue weighted by Gasteiger charge is -2.20. The summed E-state index contributed by atoms with van der Waals surface area (Å²) < 4.78 is 1.67. The second kappa shape index (κ2) is 3.76. The van der Waals surface area contributed by atoms with Crippen LogP contribution in [0.25, 0.3) is 10.8 Å². The van der Waals surface area contributed by atoms with Gasteiger partial charge in [0.05, 0.1) is 0 Å². The Hall–Kier alpha value is -1.61. The second-order valence-corrected chi connectivity index (χ2v) is 4.82. The maximum absolute atomic E-state index is 12.1. The first-order valence-corrected chi connectivity index (χ1v) is 5.34. The molecule has 3 heteroatoms. The number of nitrogens with zero attached hydrogens (tertiary/aromatic N) is 1. The Kier molecular flexibility index (Phi) is 2.56. The molecule has 1 aromatic carbocycles. The fourth-order valence-corrected chi connectivity index (χ4v) is 1.79. The Morgan fingerprint density at radius 3 is 2.62 bits per heavy atom. The Labute approximate surface area is 94.5 Å². The minimum Gasteiger partial charge on any atom is -0.324 e. The molecule has 0 fully saturated rings. The first-order chi connectivity index (χ1) is 7.47. The van der Waals surface area contributed by atoms with E-state index in [-0.39, 0.29) is 11.1 Å². The lowest BCUT2D eigenvalue weighted by Crippen LogP contribution is -2.40. The fourth-order valence-electron chi connectivity index (χ4n) is 1.79. The zero-order valence-electron chi connectivity index (χ0n) is 9.60. The van der Waals surface area contributed by atoms with E-state index in [1.165, 1.54) is 0 Å². The number of hydrogen-bond acceptors (Lipinski definition) is 2. The number of aromatic nitrogens is 1. The molecule has 0 atom stereocenters. The van der Waals surface area contributed by atoms with Crippen LogP contribution in [-0.4, -0.2) is 10.1 Å². The van der Waals surface area contributed by atoms with E-state index in [9.17, 15) is 4.79 Å². The SMILES string of the molecule is CC(C)(N)Cn1ccc2ccccc2c1=O. The molecule has 0 unspecified atom stereocenters. The van der Waals surface area contributed by atoms with Crippen LogP contribution in [0.5, 0.6) is 0 Å². The van der Waals surface area contributed by atoms with E-state index in [0.29, 0.717) is 6.54 Å². The van der Waals surface area contributed by atoms with E-state index in [4.69, 9.17) is 5.73 Å². The van der Waals surface area contributed by atoms with Gasteiger partial charge in [-0.1, -0.05) is 18.2 Å². The summed E-state index contributed by atoms with van der Waals surface area (Å²) in [5.74, 6) is 0. The van der Waals surface area contributed by atoms with Gasteiger partial charge in [-0.25, -0.2) is 0 Å². The van der Waals surface area contributed by atoms with Crippen molar-refractivity contribution in [2.75, 3.05) is 0 Å². The van der Waals surface area contributed by atoms with Gasteiger partial charge in [0, 0.05) is 23.7 Å². The number of hydrogen-bond donors (Lipinski definition) is 1. The predicted octanol–water partition coefficient (Wildman–Crippen LogP) is 1.74. The molecular formula is C13H16N2O. The summed E-state index contributed by atoms with van der Waals surface area (Å²) in [4.78, 5) is 12.1. The van der Waals surface area contributed by atoms with Crippen molar-refractivity contribution in [3.8, 4) is 0 Å². The first-order valence-electron chi connectivity index (χ1n) is 5.34. The summed E-state index contributed by atoms with van der Waals surface area (Å²) in [6, 6.07) is 9.54. The van der Waals surface area contributed by atoms with E-state index in [1.54, 1.807) is 10.8 Å². The molecule has 0 radical (unpaired) electrons. The van der Waals surface area contributed by atoms with Gasteiger partial charge in [0.25, 0.3) is 5.56 Å². The third kappa shape index (κ3) is 2.14. The summed E-state index contributed by atoms with van der Waals surface area (Å²) in [7, 11) is 0. The highest BCUT2D eigenvalue weighted by Crippen LogP contribution is 2.09. The molecule has 1 heterocycles. The fraction of sp³-hybridized carbons (Fsp3) is 0.308. The van der Waals surface area contributed by atoms with Gasteiger partial charge < -0.3 is 10.3 Å². The number of fused-ring (bicyclic) bond motifs is 1. The smallest absolute Gasteiger partial charge is 0.258 e. The van der Waals surface area contributed by atoms with Crippen LogP contribution in [0, 0.1) is 0 Å². The van der Waals surface area contributed by atoms with Crippen LogP contribution in [0.15, 0.2) is 41.3 Å². The molecule has 0 saturated heterocycles. The van der Waals surface area contributed by atoms with Crippen LogP contribution >= 0.6 is 0 Å². The van der Waals surface area contributed by atoms with Crippen molar-refractivity contribution in [2.45, 2.75) is 25.9 Å². The van der Waals surface area contributed by atoms with E-state index in [2.05, 4.69) is 0 Å². The monoisotopic (exact) mass is 216 g/mol. The second-order valence-electron chi connectivity index (χ2n) is 4.82. The maximum Gasteiger partial charge on any atom is 0.258 e. The lowest BCUT2D eigenvalue weighted by molar-refractivity contribution is 0.428. The summed E-state index contributed by atoms with van der Waals surface area (Å²) >= 11 is 0. The zero-order valence-corrected chi connectivity index (χ0v) is 9.60. The van der Waals surface area contributed by atoms with Crippen molar-refractivity contribution in [1.29, 1.82) is 0 Å². The Bertz CT molecular complexity index is 564. The number of rotatable bonds is 2. The van der Waals surface area contributed by atoms with Gasteiger partial charge >= 0.3 is 0 Å². The van der Waals surface area contributed by atoms with Crippen molar-refractivity contribution in [1.82, 2.24) is 4.57 Å². The summed E-state index contributed by atoms with van der Waals surface area (Å²) in [5.41, 5.74) is 5.56. The molecule has 0 spiro atoms. The molecule has 0 aliphatic rings. The topological polar surface area (TPSA) is 48.0 Å². The van der Waals surface area contributed by atoms with E-state index < -0.39 is 0 Å². The van der Waals surface area contributed by atoms with E-state index in [1.807, 2.05) is 44.2 Å². The van der Waals surface area contributed by atoms with Gasteiger partial charge in [0.15, 0.2) is 0 Å². The largest absolute Gasteiger partial charge is 0.324 e. The van der Waals surface area contributed by atoms with Gasteiger partial charge in [0.2, 0.25) is 0 Å². The van der Waals surface area contributed by atoms with Crippen LogP contribution in [0.1, 0.15) is 13.8 Å². The predicted molar refractivity (Wildman–Crippen MR) is 66.5 cm³/mol. The highest BCUT2D eigenvalue weighted by atomic mass is 16.1. The van der Waals surface area contributed by atoms with E-state index in [0.717, 1.165) is 10.8 Å². The van der Waals surface area contributed by atoms with Crippen LogP contribution in [0.4, 0.5) is 0 Å². The van der Waals surface area contributed by atoms with Crippen molar-refractivity contribution in [3.05, 3.63) is 46.9 Å². The Morgan fingerprint density at radius 1 is 1.25 bits per heavy atom. The van der Waals surface area contributed by atoms with E-state index >= 15 is 0 Å². The molecule has 84 valence electrons. The molecular weight excluding hydrogens is 200 g/mol. The average Bonchev–Trinajstić information content (AvgIpc) is 2.21. The Balaban J connectivity index is 2.57. The van der Waals surface area contributed by atoms with Gasteiger partial charge in [-0.15, -0.1) is 0 Å². The van der Waals surface area contributed by atoms with Crippen LogP contribution in [-0.2, 0) is 6.54 Å². The first kappa shape index (κ1) is 10.9. The third-order valence-electron chi connectivity index (χ3n) is 2.46. The molecule has 2 N–H and O–H groups in total. The maximum atomic E-state index is 12.1. The van der Waals surface area contributed by atoms with Gasteiger partial charge in [-0.05, 0) is 31.4 Å². The van der Waals surface area contributed by atoms with Crippen LogP contribution in [0.3, 0.4) is 0 Å². The summed E-state index contributed by atoms with van der Waals surface area (Å²) in [6.45, 7) is 4.35. The van der Waals surface area contributed by atoms with Crippen LogP contribution in [0.2, 0.25) is 0 Å². The quantitative estimate of drug-likeness (QED) is 0.831. The van der Waals surface area contributed by atoms with Gasteiger partial charge in [0.1, 0.15) is 0 Å². The normalized spacial score (nSPS) is 11.9. The standard InChI is InChI=1S/C13H16N2O/c1-13(2,14)9-15-8-7-10-5-3-4-6-11(10)12(15)16/h3-8H,9,14H2,1-2H3. The minimum atomic E-state index is -0.383. The molecule has 1 aromatic heterocycles. The molecule has 2 aromatic rings.